The third-order valence-corrected chi connectivity index (χ3v) is 5.61. The largest absolute Gasteiger partial charge is 0.379 e. The summed E-state index contributed by atoms with van der Waals surface area (Å²) >= 11 is 1.76. The molecule has 5 nitrogen and oxygen atoms in total. The molecule has 1 aliphatic heterocycles. The molecule has 0 bridgehead atoms. The lowest BCUT2D eigenvalue weighted by Crippen LogP contribution is -2.37. The van der Waals surface area contributed by atoms with Gasteiger partial charge in [0.25, 0.3) is 0 Å². The molecular formula is C21H24N4OS. The number of morpholine rings is 1. The second-order valence-electron chi connectivity index (χ2n) is 6.65. The van der Waals surface area contributed by atoms with Crippen molar-refractivity contribution < 1.29 is 4.74 Å². The molecule has 0 unspecified atom stereocenters. The van der Waals surface area contributed by atoms with E-state index in [1.54, 1.807) is 11.8 Å². The zero-order chi connectivity index (χ0) is 18.5. The van der Waals surface area contributed by atoms with Gasteiger partial charge in [0, 0.05) is 36.6 Å². The molecule has 0 amide bonds. The van der Waals surface area contributed by atoms with Crippen LogP contribution in [0.25, 0.3) is 17.1 Å². The Morgan fingerprint density at radius 3 is 2.44 bits per heavy atom. The van der Waals surface area contributed by atoms with E-state index in [0.717, 1.165) is 60.8 Å². The van der Waals surface area contributed by atoms with Crippen LogP contribution in [-0.4, -0.2) is 58.3 Å². The highest BCUT2D eigenvalue weighted by molar-refractivity contribution is 7.99. The highest BCUT2D eigenvalue weighted by atomic mass is 32.2. The molecule has 27 heavy (non-hydrogen) atoms. The van der Waals surface area contributed by atoms with Gasteiger partial charge in [0.05, 0.1) is 13.2 Å². The van der Waals surface area contributed by atoms with Gasteiger partial charge in [0.2, 0.25) is 0 Å². The summed E-state index contributed by atoms with van der Waals surface area (Å²) in [6, 6.07) is 18.8. The number of thioether (sulfide) groups is 1. The fourth-order valence-electron chi connectivity index (χ4n) is 3.16. The Labute approximate surface area is 164 Å². The summed E-state index contributed by atoms with van der Waals surface area (Å²) < 4.78 is 7.59. The van der Waals surface area contributed by atoms with Gasteiger partial charge in [-0.2, -0.15) is 0 Å². The fourth-order valence-corrected chi connectivity index (χ4v) is 4.11. The quantitative estimate of drug-likeness (QED) is 0.611. The number of nitrogens with zero attached hydrogens (tertiary/aromatic N) is 4. The first-order valence-corrected chi connectivity index (χ1v) is 10.3. The lowest BCUT2D eigenvalue weighted by atomic mass is 10.2. The van der Waals surface area contributed by atoms with E-state index < -0.39 is 0 Å². The van der Waals surface area contributed by atoms with Crippen LogP contribution in [0.15, 0.2) is 59.8 Å². The molecule has 3 aromatic rings. The first-order valence-electron chi connectivity index (χ1n) is 9.32. The normalized spacial score (nSPS) is 15.1. The van der Waals surface area contributed by atoms with E-state index in [0.29, 0.717) is 0 Å². The average molecular weight is 381 g/mol. The number of hydrogen-bond donors (Lipinski definition) is 0. The summed E-state index contributed by atoms with van der Waals surface area (Å²) in [6.07, 6.45) is 0. The molecule has 1 aromatic heterocycles. The van der Waals surface area contributed by atoms with Crippen LogP contribution in [0.5, 0.6) is 0 Å². The van der Waals surface area contributed by atoms with Gasteiger partial charge in [-0.3, -0.25) is 9.47 Å². The topological polar surface area (TPSA) is 43.2 Å². The highest BCUT2D eigenvalue weighted by Crippen LogP contribution is 2.28. The number of aromatic nitrogens is 3. The minimum atomic E-state index is 0.836. The van der Waals surface area contributed by atoms with E-state index in [1.807, 2.05) is 18.2 Å². The number of benzene rings is 2. The average Bonchev–Trinajstić information content (AvgIpc) is 3.14. The number of rotatable bonds is 6. The van der Waals surface area contributed by atoms with Gasteiger partial charge in [-0.1, -0.05) is 59.8 Å². The van der Waals surface area contributed by atoms with Crippen LogP contribution in [0.3, 0.4) is 0 Å². The maximum atomic E-state index is 5.43. The van der Waals surface area contributed by atoms with Crippen molar-refractivity contribution >= 4 is 11.8 Å². The van der Waals surface area contributed by atoms with Gasteiger partial charge >= 0.3 is 0 Å². The van der Waals surface area contributed by atoms with Crippen molar-refractivity contribution in [1.82, 2.24) is 19.7 Å². The summed E-state index contributed by atoms with van der Waals surface area (Å²) in [5.74, 6) is 1.87. The van der Waals surface area contributed by atoms with Crippen LogP contribution in [-0.2, 0) is 4.74 Å². The number of hydrogen-bond acceptors (Lipinski definition) is 5. The van der Waals surface area contributed by atoms with Gasteiger partial charge in [-0.15, -0.1) is 10.2 Å². The van der Waals surface area contributed by atoms with Crippen LogP contribution in [0.4, 0.5) is 0 Å². The Balaban J connectivity index is 1.59. The molecule has 4 rings (SSSR count). The van der Waals surface area contributed by atoms with E-state index in [9.17, 15) is 0 Å². The van der Waals surface area contributed by atoms with Crippen molar-refractivity contribution in [2.24, 2.45) is 0 Å². The first-order chi connectivity index (χ1) is 13.3. The maximum Gasteiger partial charge on any atom is 0.196 e. The van der Waals surface area contributed by atoms with Crippen molar-refractivity contribution in [2.45, 2.75) is 12.1 Å². The zero-order valence-electron chi connectivity index (χ0n) is 15.5. The van der Waals surface area contributed by atoms with Crippen molar-refractivity contribution in [1.29, 1.82) is 0 Å². The Kier molecular flexibility index (Phi) is 5.87. The second-order valence-corrected chi connectivity index (χ2v) is 7.71. The maximum absolute atomic E-state index is 5.43. The standard InChI is InChI=1S/C21H24N4OS/c1-17-7-9-19(10-8-17)25-20(18-5-3-2-4-6-18)22-23-21(25)27-16-13-24-11-14-26-15-12-24/h2-10H,11-16H2,1H3. The van der Waals surface area contributed by atoms with Crippen molar-refractivity contribution in [3.8, 4) is 17.1 Å². The lowest BCUT2D eigenvalue weighted by molar-refractivity contribution is 0.0410. The number of ether oxygens (including phenoxy) is 1. The second kappa shape index (κ2) is 8.69. The molecule has 0 saturated carbocycles. The molecule has 6 heteroatoms. The molecular weight excluding hydrogens is 356 g/mol. The highest BCUT2D eigenvalue weighted by Gasteiger charge is 2.17. The molecule has 1 fully saturated rings. The lowest BCUT2D eigenvalue weighted by Gasteiger charge is -2.26. The molecule has 2 heterocycles. The van der Waals surface area contributed by atoms with Gasteiger partial charge in [0.1, 0.15) is 0 Å². The van der Waals surface area contributed by atoms with E-state index >= 15 is 0 Å². The molecule has 1 aliphatic rings. The fraction of sp³-hybridized carbons (Fsp3) is 0.333. The van der Waals surface area contributed by atoms with Crippen molar-refractivity contribution in [3.63, 3.8) is 0 Å². The third-order valence-electron chi connectivity index (χ3n) is 4.70. The minimum absolute atomic E-state index is 0.836. The van der Waals surface area contributed by atoms with Crippen LogP contribution in [0.1, 0.15) is 5.56 Å². The summed E-state index contributed by atoms with van der Waals surface area (Å²) in [6.45, 7) is 6.84. The molecule has 0 N–H and O–H groups in total. The van der Waals surface area contributed by atoms with Gasteiger partial charge in [-0.05, 0) is 19.1 Å². The summed E-state index contributed by atoms with van der Waals surface area (Å²) in [5.41, 5.74) is 3.42. The van der Waals surface area contributed by atoms with Crippen molar-refractivity contribution in [2.75, 3.05) is 38.6 Å². The minimum Gasteiger partial charge on any atom is -0.379 e. The Bertz CT molecular complexity index is 858. The van der Waals surface area contributed by atoms with Gasteiger partial charge in [-0.25, -0.2) is 0 Å². The molecule has 0 radical (unpaired) electrons. The predicted octanol–water partition coefficient (Wildman–Crippen LogP) is 3.67. The smallest absolute Gasteiger partial charge is 0.196 e. The molecule has 0 aliphatic carbocycles. The molecule has 0 atom stereocenters. The summed E-state index contributed by atoms with van der Waals surface area (Å²) in [5, 5.41) is 9.95. The van der Waals surface area contributed by atoms with E-state index in [2.05, 4.69) is 63.0 Å². The van der Waals surface area contributed by atoms with E-state index in [-0.39, 0.29) is 0 Å². The predicted molar refractivity (Wildman–Crippen MR) is 110 cm³/mol. The summed E-state index contributed by atoms with van der Waals surface area (Å²) in [4.78, 5) is 2.45. The molecule has 2 aromatic carbocycles. The van der Waals surface area contributed by atoms with Gasteiger partial charge in [0.15, 0.2) is 11.0 Å². The Morgan fingerprint density at radius 1 is 0.963 bits per heavy atom. The van der Waals surface area contributed by atoms with Crippen LogP contribution in [0.2, 0.25) is 0 Å². The zero-order valence-corrected chi connectivity index (χ0v) is 16.4. The van der Waals surface area contributed by atoms with E-state index in [1.165, 1.54) is 5.56 Å². The Hall–Kier alpha value is -2.15. The van der Waals surface area contributed by atoms with E-state index in [4.69, 9.17) is 4.74 Å². The Morgan fingerprint density at radius 2 is 1.70 bits per heavy atom. The monoisotopic (exact) mass is 380 g/mol. The van der Waals surface area contributed by atoms with Crippen molar-refractivity contribution in [3.05, 3.63) is 60.2 Å². The number of aryl methyl sites for hydroxylation is 1. The SMILES string of the molecule is Cc1ccc(-n2c(SCCN3CCOCC3)nnc2-c2ccccc2)cc1. The first kappa shape index (κ1) is 18.2. The van der Waals surface area contributed by atoms with Crippen LogP contribution < -0.4 is 0 Å². The van der Waals surface area contributed by atoms with Gasteiger partial charge < -0.3 is 4.74 Å². The summed E-state index contributed by atoms with van der Waals surface area (Å²) in [7, 11) is 0. The van der Waals surface area contributed by atoms with Crippen LogP contribution >= 0.6 is 11.8 Å². The van der Waals surface area contributed by atoms with Crippen LogP contribution in [0, 0.1) is 6.92 Å². The third kappa shape index (κ3) is 4.40. The molecule has 0 spiro atoms. The molecule has 1 saturated heterocycles. The molecule has 140 valence electrons.